The summed E-state index contributed by atoms with van der Waals surface area (Å²) in [4.78, 5) is 16.5. The molecule has 0 amide bonds. The molecule has 0 unspecified atom stereocenters. The molecule has 6 N–H and O–H groups in total. The highest BCUT2D eigenvalue weighted by molar-refractivity contribution is 5.74. The summed E-state index contributed by atoms with van der Waals surface area (Å²) in [6.45, 7) is 1.42. The molecule has 0 radical (unpaired) electrons. The topological polar surface area (TPSA) is 98.7 Å². The van der Waals surface area contributed by atoms with Crippen LogP contribution in [0.4, 0.5) is 0 Å². The molecule has 0 atom stereocenters. The molecule has 6 heteroatoms. The third kappa shape index (κ3) is 2.48. The maximum atomic E-state index is 11.1. The van der Waals surface area contributed by atoms with Gasteiger partial charge in [0.05, 0.1) is 17.7 Å². The second kappa shape index (κ2) is 4.93. The minimum absolute atomic E-state index is 0.169. The lowest BCUT2D eigenvalue weighted by Gasteiger charge is -2.03. The molecule has 1 aromatic carbocycles. The van der Waals surface area contributed by atoms with Gasteiger partial charge in [-0.1, -0.05) is 6.07 Å². The van der Waals surface area contributed by atoms with Crippen molar-refractivity contribution in [3.8, 4) is 0 Å². The van der Waals surface area contributed by atoms with Crippen molar-refractivity contribution in [1.29, 1.82) is 0 Å². The van der Waals surface area contributed by atoms with Gasteiger partial charge in [0.1, 0.15) is 0 Å². The van der Waals surface area contributed by atoms with Gasteiger partial charge in [-0.25, -0.2) is 10.2 Å². The smallest absolute Gasteiger partial charge is 0.306 e. The molecule has 0 bridgehead atoms. The number of fused-ring (bicyclic) bond motifs is 1. The number of H-pyrrole nitrogens is 2. The molecule has 2 rings (SSSR count). The van der Waals surface area contributed by atoms with Crippen LogP contribution in [0.5, 0.6) is 0 Å². The normalized spacial score (nSPS) is 11.1. The van der Waals surface area contributed by atoms with E-state index in [1.807, 2.05) is 18.2 Å². The lowest BCUT2D eigenvalue weighted by atomic mass is 10.1. The van der Waals surface area contributed by atoms with Gasteiger partial charge in [0, 0.05) is 6.54 Å². The van der Waals surface area contributed by atoms with Crippen molar-refractivity contribution in [3.05, 3.63) is 34.2 Å². The molecule has 0 aliphatic rings. The molecule has 0 aliphatic heterocycles. The zero-order valence-electron chi connectivity index (χ0n) is 8.84. The first-order chi connectivity index (χ1) is 7.79. The Morgan fingerprint density at radius 2 is 2.06 bits per heavy atom. The van der Waals surface area contributed by atoms with Crippen LogP contribution in [-0.4, -0.2) is 23.2 Å². The van der Waals surface area contributed by atoms with E-state index in [0.29, 0.717) is 6.67 Å². The van der Waals surface area contributed by atoms with Gasteiger partial charge in [-0.2, -0.15) is 0 Å². The van der Waals surface area contributed by atoms with Crippen LogP contribution in [0.15, 0.2) is 23.0 Å². The maximum absolute atomic E-state index is 11.1. The number of hydrogen-bond donors (Lipinski definition) is 5. The maximum Gasteiger partial charge on any atom is 0.323 e. The molecular formula is C10H15N5O. The molecule has 0 saturated heterocycles. The zero-order valence-corrected chi connectivity index (χ0v) is 8.84. The average molecular weight is 221 g/mol. The van der Waals surface area contributed by atoms with E-state index in [4.69, 9.17) is 5.84 Å². The third-order valence-electron chi connectivity index (χ3n) is 2.40. The molecule has 0 aliphatic carbocycles. The van der Waals surface area contributed by atoms with Crippen molar-refractivity contribution in [2.75, 3.05) is 13.2 Å². The van der Waals surface area contributed by atoms with E-state index >= 15 is 0 Å². The second-order valence-corrected chi connectivity index (χ2v) is 3.59. The monoisotopic (exact) mass is 221 g/mol. The Kier molecular flexibility index (Phi) is 3.35. The Bertz CT molecular complexity index is 515. The summed E-state index contributed by atoms with van der Waals surface area (Å²) in [5, 5.41) is 3.12. The van der Waals surface area contributed by atoms with Crippen LogP contribution < -0.4 is 22.3 Å². The fraction of sp³-hybridized carbons (Fsp3) is 0.300. The van der Waals surface area contributed by atoms with Gasteiger partial charge in [-0.3, -0.25) is 5.84 Å². The fourth-order valence-corrected chi connectivity index (χ4v) is 1.63. The van der Waals surface area contributed by atoms with Crippen LogP contribution in [0.1, 0.15) is 5.56 Å². The van der Waals surface area contributed by atoms with E-state index in [0.717, 1.165) is 24.0 Å². The lowest BCUT2D eigenvalue weighted by molar-refractivity contribution is 0.602. The predicted molar refractivity (Wildman–Crippen MR) is 62.8 cm³/mol. The predicted octanol–water partition coefficient (Wildman–Crippen LogP) is -0.591. The number of hydrazine groups is 1. The number of aromatic amines is 2. The van der Waals surface area contributed by atoms with Crippen LogP contribution in [0.2, 0.25) is 0 Å². The highest BCUT2D eigenvalue weighted by Crippen LogP contribution is 2.10. The van der Waals surface area contributed by atoms with Crippen molar-refractivity contribution in [3.63, 3.8) is 0 Å². The Morgan fingerprint density at radius 3 is 2.88 bits per heavy atom. The van der Waals surface area contributed by atoms with Gasteiger partial charge >= 0.3 is 5.69 Å². The van der Waals surface area contributed by atoms with Gasteiger partial charge in [0.15, 0.2) is 0 Å². The molecule has 0 spiro atoms. The number of aromatic nitrogens is 2. The Labute approximate surface area is 92.2 Å². The zero-order chi connectivity index (χ0) is 11.4. The molecule has 1 aromatic heterocycles. The van der Waals surface area contributed by atoms with Crippen LogP contribution in [-0.2, 0) is 6.42 Å². The highest BCUT2D eigenvalue weighted by Gasteiger charge is 1.99. The molecule has 6 nitrogen and oxygen atoms in total. The van der Waals surface area contributed by atoms with Crippen LogP contribution in [0.25, 0.3) is 11.0 Å². The third-order valence-corrected chi connectivity index (χ3v) is 2.40. The molecule has 0 saturated carbocycles. The quantitative estimate of drug-likeness (QED) is 0.202. The summed E-state index contributed by atoms with van der Waals surface area (Å²) >= 11 is 0. The summed E-state index contributed by atoms with van der Waals surface area (Å²) < 4.78 is 0. The van der Waals surface area contributed by atoms with Gasteiger partial charge in [-0.15, -0.1) is 0 Å². The molecule has 1 heterocycles. The van der Waals surface area contributed by atoms with Gasteiger partial charge in [0.25, 0.3) is 0 Å². The number of imidazole rings is 1. The number of nitrogens with two attached hydrogens (primary N) is 1. The fourth-order valence-electron chi connectivity index (χ4n) is 1.63. The Balaban J connectivity index is 2.04. The Morgan fingerprint density at radius 1 is 1.25 bits per heavy atom. The first kappa shape index (κ1) is 10.9. The van der Waals surface area contributed by atoms with E-state index in [-0.39, 0.29) is 5.69 Å². The van der Waals surface area contributed by atoms with Crippen LogP contribution >= 0.6 is 0 Å². The summed E-state index contributed by atoms with van der Waals surface area (Å²) in [5.41, 5.74) is 5.21. The van der Waals surface area contributed by atoms with E-state index < -0.39 is 0 Å². The summed E-state index contributed by atoms with van der Waals surface area (Å²) in [5.74, 6) is 5.13. The van der Waals surface area contributed by atoms with Crippen molar-refractivity contribution in [2.45, 2.75) is 6.42 Å². The first-order valence-electron chi connectivity index (χ1n) is 5.15. The largest absolute Gasteiger partial charge is 0.323 e. The lowest BCUT2D eigenvalue weighted by Crippen LogP contribution is -2.34. The molecule has 86 valence electrons. The van der Waals surface area contributed by atoms with Crippen molar-refractivity contribution >= 4 is 11.0 Å². The van der Waals surface area contributed by atoms with Crippen LogP contribution in [0.3, 0.4) is 0 Å². The van der Waals surface area contributed by atoms with Crippen molar-refractivity contribution < 1.29 is 0 Å². The first-order valence-corrected chi connectivity index (χ1v) is 5.15. The average Bonchev–Trinajstić information content (AvgIpc) is 2.64. The van der Waals surface area contributed by atoms with Gasteiger partial charge in [0.2, 0.25) is 0 Å². The number of hydrogen-bond acceptors (Lipinski definition) is 4. The highest BCUT2D eigenvalue weighted by atomic mass is 16.1. The van der Waals surface area contributed by atoms with E-state index in [9.17, 15) is 4.79 Å². The van der Waals surface area contributed by atoms with E-state index in [2.05, 4.69) is 20.7 Å². The molecule has 2 aromatic rings. The summed E-state index contributed by atoms with van der Waals surface area (Å²) in [6, 6.07) is 5.89. The second-order valence-electron chi connectivity index (χ2n) is 3.59. The van der Waals surface area contributed by atoms with Crippen molar-refractivity contribution in [1.82, 2.24) is 20.7 Å². The van der Waals surface area contributed by atoms with E-state index in [1.165, 1.54) is 5.56 Å². The van der Waals surface area contributed by atoms with Gasteiger partial charge < -0.3 is 15.3 Å². The SMILES string of the molecule is NNCNCCc1ccc2[nH]c(=O)[nH]c2c1. The minimum Gasteiger partial charge on any atom is -0.306 e. The number of benzene rings is 1. The Hall–Kier alpha value is -1.63. The molecule has 0 fully saturated rings. The standard InChI is InChI=1S/C10H15N5O/c11-13-6-12-4-3-7-1-2-8-9(5-7)15-10(16)14-8/h1-2,5,12-13H,3-4,6,11H2,(H2,14,15,16). The molecule has 16 heavy (non-hydrogen) atoms. The minimum atomic E-state index is -0.169. The molecular weight excluding hydrogens is 206 g/mol. The number of nitrogens with one attached hydrogen (secondary N) is 4. The summed E-state index contributed by atoms with van der Waals surface area (Å²) in [6.07, 6.45) is 0.894. The van der Waals surface area contributed by atoms with Crippen LogP contribution in [0, 0.1) is 0 Å². The van der Waals surface area contributed by atoms with E-state index in [1.54, 1.807) is 0 Å². The van der Waals surface area contributed by atoms with Gasteiger partial charge in [-0.05, 0) is 24.1 Å². The number of rotatable bonds is 5. The van der Waals surface area contributed by atoms with Crippen molar-refractivity contribution in [2.24, 2.45) is 5.84 Å². The summed E-state index contributed by atoms with van der Waals surface area (Å²) in [7, 11) is 0.